The molecule has 0 unspecified atom stereocenters. The van der Waals surface area contributed by atoms with E-state index in [1.807, 2.05) is 0 Å². The summed E-state index contributed by atoms with van der Waals surface area (Å²) in [5, 5.41) is 2.69. The van der Waals surface area contributed by atoms with Crippen LogP contribution in [0.1, 0.15) is 5.56 Å². The fraction of sp³-hybridized carbons (Fsp3) is 0.0909. The summed E-state index contributed by atoms with van der Waals surface area (Å²) in [6.45, 7) is 0. The maximum Gasteiger partial charge on any atom is 0.417 e. The number of nitrogens with two attached hydrogens (primary N) is 1. The Balaban J connectivity index is 2.35. The minimum absolute atomic E-state index is 0.0299. The molecule has 4 nitrogen and oxygen atoms in total. The minimum atomic E-state index is -4.44. The van der Waals surface area contributed by atoms with Gasteiger partial charge in [-0.05, 0) is 18.2 Å². The van der Waals surface area contributed by atoms with Crippen molar-refractivity contribution in [2.24, 2.45) is 0 Å². The van der Waals surface area contributed by atoms with Crippen LogP contribution in [0.4, 0.5) is 30.5 Å². The van der Waals surface area contributed by atoms with Crippen molar-refractivity contribution in [2.45, 2.75) is 6.18 Å². The van der Waals surface area contributed by atoms with Crippen molar-refractivity contribution in [2.75, 3.05) is 11.1 Å². The number of nitrogens with zero attached hydrogens (tertiary/aromatic N) is 2. The Morgan fingerprint density at radius 3 is 2.47 bits per heavy atom. The van der Waals surface area contributed by atoms with Crippen molar-refractivity contribution in [3.8, 4) is 0 Å². The molecule has 0 aliphatic heterocycles. The Labute approximate surface area is 115 Å². The summed E-state index contributed by atoms with van der Waals surface area (Å²) >= 11 is 2.87. The molecule has 2 rings (SSSR count). The third-order valence-electron chi connectivity index (χ3n) is 2.26. The maximum absolute atomic E-state index is 12.7. The van der Waals surface area contributed by atoms with E-state index in [9.17, 15) is 13.2 Å². The molecule has 8 heteroatoms. The van der Waals surface area contributed by atoms with Gasteiger partial charge in [0.2, 0.25) is 0 Å². The number of rotatable bonds is 2. The van der Waals surface area contributed by atoms with E-state index in [1.165, 1.54) is 24.5 Å². The van der Waals surface area contributed by atoms with Crippen LogP contribution in [0.5, 0.6) is 0 Å². The molecule has 3 N–H and O–H groups in total. The highest BCUT2D eigenvalue weighted by Gasteiger charge is 2.33. The van der Waals surface area contributed by atoms with Crippen LogP contribution < -0.4 is 11.1 Å². The summed E-state index contributed by atoms with van der Waals surface area (Å²) in [7, 11) is 0. The van der Waals surface area contributed by atoms with Crippen LogP contribution in [0.25, 0.3) is 0 Å². The van der Waals surface area contributed by atoms with E-state index in [4.69, 9.17) is 5.73 Å². The molecular formula is C11H8BrF3N4. The van der Waals surface area contributed by atoms with E-state index < -0.39 is 11.7 Å². The first kappa shape index (κ1) is 13.6. The van der Waals surface area contributed by atoms with Gasteiger partial charge in [0.05, 0.1) is 5.56 Å². The van der Waals surface area contributed by atoms with Crippen LogP contribution in [-0.2, 0) is 6.18 Å². The normalized spacial score (nSPS) is 11.4. The SMILES string of the molecule is Nc1nccnc1Nc1ccc(Br)c(C(F)(F)F)c1. The second kappa shape index (κ2) is 5.04. The van der Waals surface area contributed by atoms with Gasteiger partial charge in [-0.2, -0.15) is 13.2 Å². The van der Waals surface area contributed by atoms with Gasteiger partial charge >= 0.3 is 6.18 Å². The topological polar surface area (TPSA) is 63.8 Å². The number of anilines is 3. The summed E-state index contributed by atoms with van der Waals surface area (Å²) in [4.78, 5) is 7.68. The summed E-state index contributed by atoms with van der Waals surface area (Å²) in [6, 6.07) is 3.75. The third-order valence-corrected chi connectivity index (χ3v) is 2.95. The molecule has 19 heavy (non-hydrogen) atoms. The van der Waals surface area contributed by atoms with Crippen LogP contribution in [0, 0.1) is 0 Å². The number of alkyl halides is 3. The van der Waals surface area contributed by atoms with Crippen LogP contribution in [0.2, 0.25) is 0 Å². The van der Waals surface area contributed by atoms with Crippen LogP contribution in [0.3, 0.4) is 0 Å². The standard InChI is InChI=1S/C11H8BrF3N4/c12-8-2-1-6(5-7(8)11(13,14)15)19-10-9(16)17-3-4-18-10/h1-5H,(H2,16,17)(H,18,19). The summed E-state index contributed by atoms with van der Waals surface area (Å²) < 4.78 is 38.2. The van der Waals surface area contributed by atoms with Gasteiger partial charge < -0.3 is 11.1 Å². The first-order valence-corrected chi connectivity index (χ1v) is 5.87. The van der Waals surface area contributed by atoms with Crippen molar-refractivity contribution in [3.63, 3.8) is 0 Å². The highest BCUT2D eigenvalue weighted by Crippen LogP contribution is 2.36. The summed E-state index contributed by atoms with van der Waals surface area (Å²) in [6.07, 6.45) is -1.66. The second-order valence-electron chi connectivity index (χ2n) is 3.61. The van der Waals surface area contributed by atoms with Gasteiger partial charge in [-0.3, -0.25) is 0 Å². The van der Waals surface area contributed by atoms with E-state index >= 15 is 0 Å². The minimum Gasteiger partial charge on any atom is -0.381 e. The molecule has 1 aromatic carbocycles. The molecule has 0 aliphatic rings. The average Bonchev–Trinajstić information content (AvgIpc) is 2.33. The first-order valence-electron chi connectivity index (χ1n) is 5.08. The molecule has 0 saturated carbocycles. The van der Waals surface area contributed by atoms with Crippen molar-refractivity contribution >= 4 is 33.3 Å². The fourth-order valence-electron chi connectivity index (χ4n) is 1.40. The molecule has 0 radical (unpaired) electrons. The summed E-state index contributed by atoms with van der Waals surface area (Å²) in [5.74, 6) is 0.317. The second-order valence-corrected chi connectivity index (χ2v) is 4.46. The monoisotopic (exact) mass is 332 g/mol. The lowest BCUT2D eigenvalue weighted by Crippen LogP contribution is -2.07. The van der Waals surface area contributed by atoms with Gasteiger partial charge in [0.1, 0.15) is 0 Å². The molecule has 1 aromatic heterocycles. The molecule has 1 heterocycles. The molecule has 0 spiro atoms. The zero-order valence-electron chi connectivity index (χ0n) is 9.37. The molecule has 0 aliphatic carbocycles. The fourth-order valence-corrected chi connectivity index (χ4v) is 1.87. The Morgan fingerprint density at radius 1 is 1.16 bits per heavy atom. The highest BCUT2D eigenvalue weighted by atomic mass is 79.9. The lowest BCUT2D eigenvalue weighted by atomic mass is 10.2. The Bertz CT molecular complexity index is 601. The first-order chi connectivity index (χ1) is 8.88. The molecular weight excluding hydrogens is 325 g/mol. The third kappa shape index (κ3) is 3.14. The van der Waals surface area contributed by atoms with Gasteiger partial charge in [-0.15, -0.1) is 0 Å². The zero-order chi connectivity index (χ0) is 14.0. The highest BCUT2D eigenvalue weighted by molar-refractivity contribution is 9.10. The average molecular weight is 333 g/mol. The number of hydrogen-bond acceptors (Lipinski definition) is 4. The largest absolute Gasteiger partial charge is 0.417 e. The van der Waals surface area contributed by atoms with E-state index in [-0.39, 0.29) is 21.8 Å². The number of nitrogens with one attached hydrogen (secondary N) is 1. The predicted octanol–water partition coefficient (Wildman–Crippen LogP) is 3.58. The Kier molecular flexibility index (Phi) is 3.61. The van der Waals surface area contributed by atoms with Crippen molar-refractivity contribution < 1.29 is 13.2 Å². The molecule has 100 valence electrons. The number of hydrogen-bond donors (Lipinski definition) is 2. The van der Waals surface area contributed by atoms with Crippen LogP contribution >= 0.6 is 15.9 Å². The molecule has 0 atom stereocenters. The molecule has 0 fully saturated rings. The van der Waals surface area contributed by atoms with Crippen LogP contribution in [0.15, 0.2) is 35.1 Å². The van der Waals surface area contributed by atoms with Gasteiger partial charge in [0, 0.05) is 22.6 Å². The Hall–Kier alpha value is -1.83. The van der Waals surface area contributed by atoms with Gasteiger partial charge in [0.15, 0.2) is 11.6 Å². The predicted molar refractivity (Wildman–Crippen MR) is 68.9 cm³/mol. The Morgan fingerprint density at radius 2 is 1.84 bits per heavy atom. The number of benzene rings is 1. The van der Waals surface area contributed by atoms with E-state index in [0.29, 0.717) is 0 Å². The van der Waals surface area contributed by atoms with Crippen LogP contribution in [-0.4, -0.2) is 9.97 Å². The molecule has 0 saturated heterocycles. The van der Waals surface area contributed by atoms with E-state index in [1.54, 1.807) is 0 Å². The van der Waals surface area contributed by atoms with Crippen molar-refractivity contribution in [1.29, 1.82) is 0 Å². The summed E-state index contributed by atoms with van der Waals surface area (Å²) in [5.41, 5.74) is 5.00. The quantitative estimate of drug-likeness (QED) is 0.882. The van der Waals surface area contributed by atoms with Crippen molar-refractivity contribution in [1.82, 2.24) is 9.97 Å². The van der Waals surface area contributed by atoms with Crippen molar-refractivity contribution in [3.05, 3.63) is 40.6 Å². The number of nitrogen functional groups attached to an aromatic ring is 1. The van der Waals surface area contributed by atoms with Gasteiger partial charge in [-0.25, -0.2) is 9.97 Å². The molecule has 0 bridgehead atoms. The lowest BCUT2D eigenvalue weighted by molar-refractivity contribution is -0.138. The van der Waals surface area contributed by atoms with E-state index in [0.717, 1.165) is 6.07 Å². The molecule has 0 amide bonds. The smallest absolute Gasteiger partial charge is 0.381 e. The number of halogens is 4. The van der Waals surface area contributed by atoms with Gasteiger partial charge in [0.25, 0.3) is 0 Å². The van der Waals surface area contributed by atoms with E-state index in [2.05, 4.69) is 31.2 Å². The zero-order valence-corrected chi connectivity index (χ0v) is 11.0. The van der Waals surface area contributed by atoms with Gasteiger partial charge in [-0.1, -0.05) is 15.9 Å². The lowest BCUT2D eigenvalue weighted by Gasteiger charge is -2.12. The maximum atomic E-state index is 12.7. The molecule has 2 aromatic rings. The number of aromatic nitrogens is 2.